The van der Waals surface area contributed by atoms with Gasteiger partial charge in [0.25, 0.3) is 5.91 Å². The quantitative estimate of drug-likeness (QED) is 0.859. The van der Waals surface area contributed by atoms with Crippen molar-refractivity contribution in [2.24, 2.45) is 0 Å². The normalized spacial score (nSPS) is 17.6. The lowest BCUT2D eigenvalue weighted by Crippen LogP contribution is -2.38. The van der Waals surface area contributed by atoms with Gasteiger partial charge in [0.05, 0.1) is 6.54 Å². The maximum Gasteiger partial charge on any atom is 0.256 e. The van der Waals surface area contributed by atoms with Crippen molar-refractivity contribution in [2.75, 3.05) is 11.5 Å². The van der Waals surface area contributed by atoms with E-state index in [1.807, 2.05) is 65.6 Å². The molecule has 0 spiro atoms. The standard InChI is InChI=1S/C18H19NO2/c20-18(17-12-7-13-21-17)19(16-10-5-2-6-11-16)14-15-8-3-1-4-9-15/h1-6,8-11,17H,7,12-14H2/t17-/m1/s1. The van der Waals surface area contributed by atoms with Gasteiger partial charge in [-0.25, -0.2) is 0 Å². The second kappa shape index (κ2) is 6.55. The first-order valence-electron chi connectivity index (χ1n) is 7.36. The Labute approximate surface area is 125 Å². The molecule has 3 heteroatoms. The zero-order valence-electron chi connectivity index (χ0n) is 11.9. The minimum atomic E-state index is -0.297. The van der Waals surface area contributed by atoms with Crippen molar-refractivity contribution < 1.29 is 9.53 Å². The SMILES string of the molecule is O=C([C@H]1CCCO1)N(Cc1ccccc1)c1ccccc1. The largest absolute Gasteiger partial charge is 0.368 e. The minimum absolute atomic E-state index is 0.0579. The number of ether oxygens (including phenoxy) is 1. The molecular weight excluding hydrogens is 262 g/mol. The number of hydrogen-bond acceptors (Lipinski definition) is 2. The highest BCUT2D eigenvalue weighted by Crippen LogP contribution is 2.22. The van der Waals surface area contributed by atoms with E-state index >= 15 is 0 Å². The summed E-state index contributed by atoms with van der Waals surface area (Å²) in [6.07, 6.45) is 1.48. The number of para-hydroxylation sites is 1. The lowest BCUT2D eigenvalue weighted by Gasteiger charge is -2.25. The summed E-state index contributed by atoms with van der Waals surface area (Å²) >= 11 is 0. The van der Waals surface area contributed by atoms with Crippen LogP contribution in [0.4, 0.5) is 5.69 Å². The number of anilines is 1. The first kappa shape index (κ1) is 13.8. The van der Waals surface area contributed by atoms with E-state index in [0.717, 1.165) is 24.1 Å². The highest BCUT2D eigenvalue weighted by atomic mass is 16.5. The van der Waals surface area contributed by atoms with Gasteiger partial charge in [-0.3, -0.25) is 4.79 Å². The zero-order chi connectivity index (χ0) is 14.5. The molecule has 0 N–H and O–H groups in total. The van der Waals surface area contributed by atoms with Crippen LogP contribution >= 0.6 is 0 Å². The lowest BCUT2D eigenvalue weighted by molar-refractivity contribution is -0.127. The summed E-state index contributed by atoms with van der Waals surface area (Å²) in [6.45, 7) is 1.26. The van der Waals surface area contributed by atoms with E-state index < -0.39 is 0 Å². The number of carbonyl (C=O) groups is 1. The molecule has 0 aliphatic carbocycles. The van der Waals surface area contributed by atoms with Gasteiger partial charge in [0.2, 0.25) is 0 Å². The molecule has 1 saturated heterocycles. The van der Waals surface area contributed by atoms with Crippen LogP contribution in [0.25, 0.3) is 0 Å². The fourth-order valence-corrected chi connectivity index (χ4v) is 2.62. The fourth-order valence-electron chi connectivity index (χ4n) is 2.62. The van der Waals surface area contributed by atoms with Gasteiger partial charge in [-0.15, -0.1) is 0 Å². The monoisotopic (exact) mass is 281 g/mol. The molecule has 2 aromatic rings. The van der Waals surface area contributed by atoms with Crippen molar-refractivity contribution in [3.63, 3.8) is 0 Å². The van der Waals surface area contributed by atoms with Crippen LogP contribution in [0.15, 0.2) is 60.7 Å². The number of benzene rings is 2. The van der Waals surface area contributed by atoms with Gasteiger partial charge < -0.3 is 9.64 Å². The van der Waals surface area contributed by atoms with Crippen LogP contribution in [-0.2, 0) is 16.1 Å². The fraction of sp³-hybridized carbons (Fsp3) is 0.278. The number of amides is 1. The van der Waals surface area contributed by atoms with E-state index in [-0.39, 0.29) is 12.0 Å². The molecule has 2 aromatic carbocycles. The Balaban J connectivity index is 1.85. The van der Waals surface area contributed by atoms with Crippen LogP contribution in [0.2, 0.25) is 0 Å². The van der Waals surface area contributed by atoms with Crippen molar-refractivity contribution in [2.45, 2.75) is 25.5 Å². The van der Waals surface area contributed by atoms with E-state index in [0.29, 0.717) is 13.2 Å². The average Bonchev–Trinajstić information content (AvgIpc) is 3.08. The molecule has 1 atom stereocenters. The number of carbonyl (C=O) groups excluding carboxylic acids is 1. The van der Waals surface area contributed by atoms with Gasteiger partial charge in [0, 0.05) is 12.3 Å². The molecule has 0 aromatic heterocycles. The molecule has 0 bridgehead atoms. The summed E-state index contributed by atoms with van der Waals surface area (Å²) in [5.41, 5.74) is 2.04. The van der Waals surface area contributed by atoms with Crippen molar-refractivity contribution >= 4 is 11.6 Å². The van der Waals surface area contributed by atoms with Crippen LogP contribution < -0.4 is 4.90 Å². The van der Waals surface area contributed by atoms with Crippen molar-refractivity contribution in [1.82, 2.24) is 0 Å². The molecule has 1 amide bonds. The molecular formula is C18H19NO2. The Kier molecular flexibility index (Phi) is 4.31. The average molecular weight is 281 g/mol. The van der Waals surface area contributed by atoms with Crippen LogP contribution in [0.5, 0.6) is 0 Å². The molecule has 1 heterocycles. The smallest absolute Gasteiger partial charge is 0.256 e. The summed E-state index contributed by atoms with van der Waals surface area (Å²) in [6, 6.07) is 19.9. The van der Waals surface area contributed by atoms with Gasteiger partial charge in [-0.1, -0.05) is 48.5 Å². The third-order valence-corrected chi connectivity index (χ3v) is 3.72. The third-order valence-electron chi connectivity index (χ3n) is 3.72. The van der Waals surface area contributed by atoms with Crippen LogP contribution in [0, 0.1) is 0 Å². The lowest BCUT2D eigenvalue weighted by atomic mass is 10.1. The van der Waals surface area contributed by atoms with Crippen molar-refractivity contribution in [1.29, 1.82) is 0 Å². The Hall–Kier alpha value is -2.13. The van der Waals surface area contributed by atoms with Crippen LogP contribution in [0.3, 0.4) is 0 Å². The number of nitrogens with zero attached hydrogens (tertiary/aromatic N) is 1. The molecule has 0 unspecified atom stereocenters. The molecule has 21 heavy (non-hydrogen) atoms. The first-order chi connectivity index (χ1) is 10.3. The molecule has 1 aliphatic heterocycles. The molecule has 0 radical (unpaired) electrons. The predicted octanol–water partition coefficient (Wildman–Crippen LogP) is 3.40. The summed E-state index contributed by atoms with van der Waals surface area (Å²) in [5.74, 6) is 0.0579. The van der Waals surface area contributed by atoms with E-state index in [9.17, 15) is 4.79 Å². The molecule has 108 valence electrons. The van der Waals surface area contributed by atoms with Gasteiger partial charge >= 0.3 is 0 Å². The Morgan fingerprint density at radius 1 is 1.05 bits per heavy atom. The number of hydrogen-bond donors (Lipinski definition) is 0. The highest BCUT2D eigenvalue weighted by Gasteiger charge is 2.29. The van der Waals surface area contributed by atoms with Crippen LogP contribution in [-0.4, -0.2) is 18.6 Å². The Bertz CT molecular complexity index is 577. The summed E-state index contributed by atoms with van der Waals surface area (Å²) in [5, 5.41) is 0. The van der Waals surface area contributed by atoms with E-state index in [4.69, 9.17) is 4.74 Å². The second-order valence-electron chi connectivity index (χ2n) is 5.25. The minimum Gasteiger partial charge on any atom is -0.368 e. The van der Waals surface area contributed by atoms with E-state index in [1.165, 1.54) is 0 Å². The maximum atomic E-state index is 12.8. The first-order valence-corrected chi connectivity index (χ1v) is 7.36. The van der Waals surface area contributed by atoms with Crippen molar-refractivity contribution in [3.05, 3.63) is 66.2 Å². The molecule has 3 rings (SSSR count). The van der Waals surface area contributed by atoms with Gasteiger partial charge in [-0.2, -0.15) is 0 Å². The van der Waals surface area contributed by atoms with E-state index in [2.05, 4.69) is 0 Å². The second-order valence-corrected chi connectivity index (χ2v) is 5.25. The molecule has 3 nitrogen and oxygen atoms in total. The molecule has 1 aliphatic rings. The summed E-state index contributed by atoms with van der Waals surface area (Å²) in [4.78, 5) is 14.6. The summed E-state index contributed by atoms with van der Waals surface area (Å²) in [7, 11) is 0. The van der Waals surface area contributed by atoms with Crippen molar-refractivity contribution in [3.8, 4) is 0 Å². The zero-order valence-corrected chi connectivity index (χ0v) is 11.9. The topological polar surface area (TPSA) is 29.5 Å². The maximum absolute atomic E-state index is 12.8. The number of rotatable bonds is 4. The van der Waals surface area contributed by atoms with Gasteiger partial charge in [0.1, 0.15) is 6.10 Å². The highest BCUT2D eigenvalue weighted by molar-refractivity contribution is 5.96. The third kappa shape index (κ3) is 3.31. The Morgan fingerprint density at radius 3 is 2.33 bits per heavy atom. The Morgan fingerprint density at radius 2 is 1.71 bits per heavy atom. The van der Waals surface area contributed by atoms with Gasteiger partial charge in [-0.05, 0) is 30.5 Å². The molecule has 0 saturated carbocycles. The molecule has 1 fully saturated rings. The van der Waals surface area contributed by atoms with Gasteiger partial charge in [0.15, 0.2) is 0 Å². The van der Waals surface area contributed by atoms with E-state index in [1.54, 1.807) is 0 Å². The summed E-state index contributed by atoms with van der Waals surface area (Å²) < 4.78 is 5.56. The van der Waals surface area contributed by atoms with Crippen LogP contribution in [0.1, 0.15) is 18.4 Å². The predicted molar refractivity (Wildman–Crippen MR) is 83.0 cm³/mol.